The maximum Gasteiger partial charge on any atom is 0.411 e. The maximum absolute atomic E-state index is 13.8. The molecule has 4 N–H and O–H groups in total. The van der Waals surface area contributed by atoms with Gasteiger partial charge in [0.15, 0.2) is 0 Å². The lowest BCUT2D eigenvalue weighted by Gasteiger charge is -2.33. The lowest BCUT2D eigenvalue weighted by Crippen LogP contribution is -2.52. The molecular weight excluding hydrogens is 746 g/mol. The molecule has 5 amide bonds. The Labute approximate surface area is 342 Å². The predicted octanol–water partition coefficient (Wildman–Crippen LogP) is 5.01. The van der Waals surface area contributed by atoms with E-state index < -0.39 is 95.9 Å². The first kappa shape index (κ1) is 47.0. The van der Waals surface area contributed by atoms with Crippen molar-refractivity contribution < 1.29 is 47.7 Å². The molecule has 0 heterocycles. The summed E-state index contributed by atoms with van der Waals surface area (Å²) in [7, 11) is 1.26. The fourth-order valence-corrected chi connectivity index (χ4v) is 6.28. The molecular formula is C43H63N5O10. The number of hydrogen-bond acceptors (Lipinski definition) is 10. The number of nitrogens with one attached hydrogen (secondary N) is 4. The lowest BCUT2D eigenvalue weighted by molar-refractivity contribution is -0.147. The minimum atomic E-state index is -1.10. The summed E-state index contributed by atoms with van der Waals surface area (Å²) >= 11 is 0. The summed E-state index contributed by atoms with van der Waals surface area (Å²) in [6.45, 7) is 19.0. The summed E-state index contributed by atoms with van der Waals surface area (Å²) in [5.41, 5.74) is -0.542. The minimum Gasteiger partial charge on any atom is -0.488 e. The van der Waals surface area contributed by atoms with Crippen LogP contribution in [0.5, 0.6) is 5.75 Å². The highest BCUT2D eigenvalue weighted by atomic mass is 16.6. The molecule has 1 aliphatic rings. The van der Waals surface area contributed by atoms with Gasteiger partial charge in [-0.15, -0.1) is 0 Å². The number of nitrogens with zero attached hydrogens (tertiary/aromatic N) is 1. The van der Waals surface area contributed by atoms with Crippen molar-refractivity contribution in [1.29, 1.82) is 0 Å². The average molecular weight is 810 g/mol. The highest BCUT2D eigenvalue weighted by Gasteiger charge is 2.59. The Kier molecular flexibility index (Phi) is 16.1. The van der Waals surface area contributed by atoms with Gasteiger partial charge in [0.2, 0.25) is 17.7 Å². The van der Waals surface area contributed by atoms with Gasteiger partial charge in [-0.3, -0.25) is 19.3 Å². The summed E-state index contributed by atoms with van der Waals surface area (Å²) < 4.78 is 22.2. The van der Waals surface area contributed by atoms with Gasteiger partial charge in [-0.25, -0.2) is 14.4 Å². The highest BCUT2D eigenvalue weighted by molar-refractivity contribution is 5.91. The first-order valence-electron chi connectivity index (χ1n) is 19.6. The fourth-order valence-electron chi connectivity index (χ4n) is 6.28. The Morgan fingerprint density at radius 2 is 1.33 bits per heavy atom. The van der Waals surface area contributed by atoms with Crippen LogP contribution < -0.4 is 26.0 Å². The van der Waals surface area contributed by atoms with E-state index in [1.807, 2.05) is 65.0 Å². The number of hydrogen-bond donors (Lipinski definition) is 4. The quantitative estimate of drug-likeness (QED) is 0.133. The molecule has 0 saturated heterocycles. The van der Waals surface area contributed by atoms with E-state index in [0.717, 1.165) is 11.1 Å². The maximum atomic E-state index is 13.8. The number of methoxy groups -OCH3 is 1. The molecule has 2 aromatic carbocycles. The summed E-state index contributed by atoms with van der Waals surface area (Å²) in [6.07, 6.45) is -1.15. The number of carbonyl (C=O) groups excluding carboxylic acids is 6. The van der Waals surface area contributed by atoms with E-state index in [0.29, 0.717) is 12.2 Å². The molecule has 15 nitrogen and oxygen atoms in total. The van der Waals surface area contributed by atoms with Gasteiger partial charge < -0.3 is 40.2 Å². The number of ether oxygens (including phenoxy) is 4. The van der Waals surface area contributed by atoms with Crippen molar-refractivity contribution >= 4 is 35.9 Å². The van der Waals surface area contributed by atoms with Crippen molar-refractivity contribution in [1.82, 2.24) is 26.2 Å². The molecule has 1 fully saturated rings. The second-order valence-electron chi connectivity index (χ2n) is 17.8. The Hall–Kier alpha value is -5.34. The SMILES string of the molecule is COC(=O)[C@H](CC(C)C)N(C(=O)OC(C)(C)C)[C@H]1[C@@H](NC(=O)CNC(=O)CNC(=O)[C@H](Cc2ccc(OC(C)(C)C)cc2)NC(=O)OC(C)(C)C)[C@@H]1c1ccccc1. The fraction of sp³-hybridized carbons (Fsp3) is 0.581. The molecule has 0 unspecified atom stereocenters. The van der Waals surface area contributed by atoms with Crippen molar-refractivity contribution in [2.45, 2.75) is 136 Å². The van der Waals surface area contributed by atoms with Crippen molar-refractivity contribution in [3.8, 4) is 5.75 Å². The van der Waals surface area contributed by atoms with Gasteiger partial charge in [-0.1, -0.05) is 56.3 Å². The zero-order valence-corrected chi connectivity index (χ0v) is 36.0. The van der Waals surface area contributed by atoms with Gasteiger partial charge in [-0.2, -0.15) is 0 Å². The van der Waals surface area contributed by atoms with Gasteiger partial charge in [-0.05, 0) is 97.9 Å². The first-order chi connectivity index (χ1) is 26.9. The molecule has 2 aromatic rings. The molecule has 0 spiro atoms. The molecule has 320 valence electrons. The van der Waals surface area contributed by atoms with E-state index in [4.69, 9.17) is 18.9 Å². The van der Waals surface area contributed by atoms with Crippen molar-refractivity contribution in [3.63, 3.8) is 0 Å². The number of esters is 1. The van der Waals surface area contributed by atoms with Gasteiger partial charge in [0.05, 0.1) is 32.3 Å². The molecule has 3 rings (SSSR count). The number of alkyl carbamates (subject to hydrolysis) is 1. The first-order valence-corrected chi connectivity index (χ1v) is 19.6. The third-order valence-electron chi connectivity index (χ3n) is 8.59. The molecule has 0 bridgehead atoms. The Morgan fingerprint density at radius 1 is 0.741 bits per heavy atom. The Bertz CT molecular complexity index is 1730. The molecule has 1 saturated carbocycles. The van der Waals surface area contributed by atoms with Crippen LogP contribution in [-0.2, 0) is 39.8 Å². The topological polar surface area (TPSA) is 191 Å². The third-order valence-corrected chi connectivity index (χ3v) is 8.59. The normalized spacial score (nSPS) is 17.5. The van der Waals surface area contributed by atoms with Crippen LogP contribution in [0.15, 0.2) is 54.6 Å². The van der Waals surface area contributed by atoms with E-state index >= 15 is 0 Å². The minimum absolute atomic E-state index is 0.00936. The van der Waals surface area contributed by atoms with Gasteiger partial charge in [0, 0.05) is 12.3 Å². The molecule has 0 radical (unpaired) electrons. The largest absolute Gasteiger partial charge is 0.488 e. The smallest absolute Gasteiger partial charge is 0.411 e. The van der Waals surface area contributed by atoms with Crippen LogP contribution in [0.25, 0.3) is 0 Å². The van der Waals surface area contributed by atoms with Crippen LogP contribution in [0, 0.1) is 5.92 Å². The molecule has 15 heteroatoms. The standard InChI is InChI=1S/C43H63N5O10/c1-26(2)22-31(38(52)55-12)48(40(54)58-43(9,10)11)36-34(28-16-14-13-15-17-28)35(36)47-33(50)25-44-32(49)24-45-37(51)30(46-39(53)57-42(6,7)8)23-27-18-20-29(21-19-27)56-41(3,4)5/h13-21,26,30-31,34-36H,22-25H2,1-12H3,(H,44,49)(H,45,51)(H,46,53)(H,47,50)/t30-,31-,34-,35-,36+/m0/s1. The predicted molar refractivity (Wildman–Crippen MR) is 218 cm³/mol. The highest BCUT2D eigenvalue weighted by Crippen LogP contribution is 2.47. The number of benzene rings is 2. The van der Waals surface area contributed by atoms with Crippen LogP contribution in [-0.4, -0.2) is 102 Å². The zero-order valence-electron chi connectivity index (χ0n) is 36.0. The average Bonchev–Trinajstić information content (AvgIpc) is 3.79. The summed E-state index contributed by atoms with van der Waals surface area (Å²) in [5.74, 6) is -2.21. The molecule has 1 aliphatic carbocycles. The second kappa shape index (κ2) is 19.9. The molecule has 58 heavy (non-hydrogen) atoms. The second-order valence-corrected chi connectivity index (χ2v) is 17.8. The lowest BCUT2D eigenvalue weighted by atomic mass is 10.0. The summed E-state index contributed by atoms with van der Waals surface area (Å²) in [4.78, 5) is 80.7. The van der Waals surface area contributed by atoms with Crippen molar-refractivity contribution in [2.75, 3.05) is 20.2 Å². The van der Waals surface area contributed by atoms with E-state index in [1.165, 1.54) is 12.0 Å². The molecule has 0 aliphatic heterocycles. The van der Waals surface area contributed by atoms with Crippen LogP contribution in [0.1, 0.15) is 99.6 Å². The Balaban J connectivity index is 1.71. The number of carbonyl (C=O) groups is 6. The summed E-state index contributed by atoms with van der Waals surface area (Å²) in [6, 6.07) is 13.0. The number of amides is 5. The van der Waals surface area contributed by atoms with E-state index in [-0.39, 0.29) is 12.3 Å². The van der Waals surface area contributed by atoms with Crippen molar-refractivity contribution in [2.24, 2.45) is 5.92 Å². The van der Waals surface area contributed by atoms with Crippen LogP contribution in [0.3, 0.4) is 0 Å². The van der Waals surface area contributed by atoms with Crippen LogP contribution in [0.4, 0.5) is 9.59 Å². The Morgan fingerprint density at radius 3 is 1.86 bits per heavy atom. The van der Waals surface area contributed by atoms with Gasteiger partial charge in [0.25, 0.3) is 0 Å². The molecule has 5 atom stereocenters. The van der Waals surface area contributed by atoms with E-state index in [9.17, 15) is 28.8 Å². The van der Waals surface area contributed by atoms with Gasteiger partial charge in [0.1, 0.15) is 34.6 Å². The van der Waals surface area contributed by atoms with E-state index in [1.54, 1.807) is 65.8 Å². The summed E-state index contributed by atoms with van der Waals surface area (Å²) in [5, 5.41) is 10.6. The monoisotopic (exact) mass is 809 g/mol. The van der Waals surface area contributed by atoms with Gasteiger partial charge >= 0.3 is 18.2 Å². The van der Waals surface area contributed by atoms with Crippen molar-refractivity contribution in [3.05, 3.63) is 65.7 Å². The van der Waals surface area contributed by atoms with Crippen LogP contribution in [0.2, 0.25) is 0 Å². The number of rotatable bonds is 16. The van der Waals surface area contributed by atoms with Crippen LogP contribution >= 0.6 is 0 Å². The third kappa shape index (κ3) is 15.5. The zero-order chi connectivity index (χ0) is 43.6. The molecule has 0 aromatic heterocycles. The van der Waals surface area contributed by atoms with E-state index in [2.05, 4.69) is 21.3 Å².